The summed E-state index contributed by atoms with van der Waals surface area (Å²) in [5.74, 6) is -2.49. The van der Waals surface area contributed by atoms with E-state index in [0.29, 0.717) is 11.1 Å². The Balaban J connectivity index is 1.95. The van der Waals surface area contributed by atoms with Gasteiger partial charge in [-0.15, -0.1) is 0 Å². The number of halogens is 1. The topological polar surface area (TPSA) is 143 Å². The average Bonchev–Trinajstić information content (AvgIpc) is 3.12. The summed E-state index contributed by atoms with van der Waals surface area (Å²) in [6.07, 6.45) is 0. The number of hydrogen-bond donors (Lipinski definition) is 3. The minimum atomic E-state index is -1.01. The largest absolute Gasteiger partial charge is 0.368 e. The molecule has 3 amide bonds. The Morgan fingerprint density at radius 3 is 2.44 bits per heavy atom. The fourth-order valence-electron chi connectivity index (χ4n) is 3.45. The minimum Gasteiger partial charge on any atom is -0.368 e. The Labute approximate surface area is 195 Å². The van der Waals surface area contributed by atoms with E-state index in [9.17, 15) is 18.8 Å². The highest BCUT2D eigenvalue weighted by atomic mass is 19.1. The van der Waals surface area contributed by atoms with Crippen molar-refractivity contribution in [1.29, 1.82) is 5.26 Å². The number of primary amides is 1. The van der Waals surface area contributed by atoms with Gasteiger partial charge in [0.2, 0.25) is 11.8 Å². The van der Waals surface area contributed by atoms with Crippen LogP contribution in [0.4, 0.5) is 4.39 Å². The molecule has 0 aliphatic heterocycles. The zero-order valence-corrected chi connectivity index (χ0v) is 19.1. The molecule has 0 aliphatic carbocycles. The highest BCUT2D eigenvalue weighted by molar-refractivity contribution is 6.06. The molecule has 0 radical (unpaired) electrons. The van der Waals surface area contributed by atoms with E-state index in [4.69, 9.17) is 11.0 Å². The molecular weight excluding hydrogens is 439 g/mol. The van der Waals surface area contributed by atoms with Crippen molar-refractivity contribution in [3.05, 3.63) is 65.1 Å². The van der Waals surface area contributed by atoms with Crippen LogP contribution in [0.2, 0.25) is 0 Å². The number of fused-ring (bicyclic) bond motifs is 1. The van der Waals surface area contributed by atoms with Crippen LogP contribution in [0.1, 0.15) is 42.4 Å². The third-order valence-electron chi connectivity index (χ3n) is 5.18. The standard InChI is InChI=1S/C24H25FN6O3/c1-24(2,3)21(23(34)28-12-19(27)32)29-22(33)20-17-10-16(25)8-9-18(17)31(30-20)13-15-6-4-14(11-26)5-7-15/h4-10,21H,12-13H2,1-3H3,(H2,27,32)(H,28,34)(H,29,33)/t21-/m1/s1. The summed E-state index contributed by atoms with van der Waals surface area (Å²) in [6, 6.07) is 11.9. The van der Waals surface area contributed by atoms with Gasteiger partial charge in [0.15, 0.2) is 5.69 Å². The second kappa shape index (κ2) is 9.70. The van der Waals surface area contributed by atoms with Crippen molar-refractivity contribution < 1.29 is 18.8 Å². The van der Waals surface area contributed by atoms with E-state index in [1.54, 1.807) is 49.7 Å². The summed E-state index contributed by atoms with van der Waals surface area (Å²) < 4.78 is 15.6. The van der Waals surface area contributed by atoms with Gasteiger partial charge in [-0.1, -0.05) is 32.9 Å². The number of nitriles is 1. The first-order chi connectivity index (χ1) is 16.0. The molecule has 1 aromatic heterocycles. The number of nitrogens with zero attached hydrogens (tertiary/aromatic N) is 3. The molecule has 0 saturated carbocycles. The van der Waals surface area contributed by atoms with E-state index in [1.165, 1.54) is 18.2 Å². The molecule has 4 N–H and O–H groups in total. The molecule has 34 heavy (non-hydrogen) atoms. The van der Waals surface area contributed by atoms with E-state index in [-0.39, 0.29) is 24.2 Å². The number of nitrogens with one attached hydrogen (secondary N) is 2. The zero-order valence-electron chi connectivity index (χ0n) is 19.1. The lowest BCUT2D eigenvalue weighted by Gasteiger charge is -2.30. The first-order valence-corrected chi connectivity index (χ1v) is 10.5. The Morgan fingerprint density at radius 1 is 1.18 bits per heavy atom. The smallest absolute Gasteiger partial charge is 0.273 e. The maximum absolute atomic E-state index is 14.0. The lowest BCUT2D eigenvalue weighted by molar-refractivity contribution is -0.128. The van der Waals surface area contributed by atoms with Crippen molar-refractivity contribution in [1.82, 2.24) is 20.4 Å². The third-order valence-corrected chi connectivity index (χ3v) is 5.18. The van der Waals surface area contributed by atoms with Crippen molar-refractivity contribution >= 4 is 28.6 Å². The van der Waals surface area contributed by atoms with Crippen LogP contribution >= 0.6 is 0 Å². The predicted octanol–water partition coefficient (Wildman–Crippen LogP) is 1.84. The molecular formula is C24H25FN6O3. The predicted molar refractivity (Wildman–Crippen MR) is 123 cm³/mol. The molecule has 0 unspecified atom stereocenters. The number of carbonyl (C=O) groups excluding carboxylic acids is 3. The highest BCUT2D eigenvalue weighted by Crippen LogP contribution is 2.24. The summed E-state index contributed by atoms with van der Waals surface area (Å²) in [5, 5.41) is 18.7. The van der Waals surface area contributed by atoms with E-state index >= 15 is 0 Å². The van der Waals surface area contributed by atoms with E-state index < -0.39 is 35.0 Å². The Hall–Kier alpha value is -4.26. The number of rotatable bonds is 7. The highest BCUT2D eigenvalue weighted by Gasteiger charge is 2.34. The summed E-state index contributed by atoms with van der Waals surface area (Å²) in [4.78, 5) is 36.9. The molecule has 2 aromatic carbocycles. The molecule has 9 nitrogen and oxygen atoms in total. The first kappa shape index (κ1) is 24.4. The Kier molecular flexibility index (Phi) is 6.96. The van der Waals surface area contributed by atoms with Crippen LogP contribution in [0.15, 0.2) is 42.5 Å². The Morgan fingerprint density at radius 2 is 1.85 bits per heavy atom. The van der Waals surface area contributed by atoms with E-state index in [1.807, 2.05) is 0 Å². The van der Waals surface area contributed by atoms with Crippen LogP contribution in [-0.2, 0) is 16.1 Å². The van der Waals surface area contributed by atoms with Crippen molar-refractivity contribution in [2.75, 3.05) is 6.54 Å². The lowest BCUT2D eigenvalue weighted by Crippen LogP contribution is -2.54. The second-order valence-electron chi connectivity index (χ2n) is 8.93. The molecule has 1 heterocycles. The van der Waals surface area contributed by atoms with Crippen LogP contribution < -0.4 is 16.4 Å². The van der Waals surface area contributed by atoms with Gasteiger partial charge in [-0.05, 0) is 41.3 Å². The van der Waals surface area contributed by atoms with Crippen molar-refractivity contribution in [2.45, 2.75) is 33.4 Å². The monoisotopic (exact) mass is 464 g/mol. The molecule has 0 bridgehead atoms. The molecule has 176 valence electrons. The summed E-state index contributed by atoms with van der Waals surface area (Å²) in [5.41, 5.74) is 6.22. The zero-order chi connectivity index (χ0) is 25.0. The molecule has 3 rings (SSSR count). The summed E-state index contributed by atoms with van der Waals surface area (Å²) in [7, 11) is 0. The average molecular weight is 465 g/mol. The number of hydrogen-bond acceptors (Lipinski definition) is 5. The van der Waals surface area contributed by atoms with E-state index in [2.05, 4.69) is 21.8 Å². The van der Waals surface area contributed by atoms with Crippen LogP contribution in [0.3, 0.4) is 0 Å². The van der Waals surface area contributed by atoms with E-state index in [0.717, 1.165) is 5.56 Å². The van der Waals surface area contributed by atoms with Gasteiger partial charge in [-0.2, -0.15) is 10.4 Å². The van der Waals surface area contributed by atoms with Crippen LogP contribution in [0, 0.1) is 22.6 Å². The normalized spacial score (nSPS) is 12.1. The molecule has 0 spiro atoms. The van der Waals surface area contributed by atoms with Gasteiger partial charge in [-0.3, -0.25) is 19.1 Å². The number of carbonyl (C=O) groups is 3. The molecule has 10 heteroatoms. The van der Waals surface area contributed by atoms with Crippen molar-refractivity contribution in [2.24, 2.45) is 11.1 Å². The maximum atomic E-state index is 14.0. The summed E-state index contributed by atoms with van der Waals surface area (Å²) in [6.45, 7) is 5.17. The first-order valence-electron chi connectivity index (χ1n) is 10.5. The molecule has 0 aliphatic rings. The number of benzene rings is 2. The third kappa shape index (κ3) is 5.56. The fraction of sp³-hybridized carbons (Fsp3) is 0.292. The number of nitrogens with two attached hydrogens (primary N) is 1. The molecule has 1 atom stereocenters. The van der Waals surface area contributed by atoms with Crippen molar-refractivity contribution in [3.8, 4) is 6.07 Å². The van der Waals surface area contributed by atoms with Gasteiger partial charge in [0.05, 0.1) is 30.2 Å². The van der Waals surface area contributed by atoms with Gasteiger partial charge < -0.3 is 16.4 Å². The van der Waals surface area contributed by atoms with Gasteiger partial charge in [0.25, 0.3) is 5.91 Å². The second-order valence-corrected chi connectivity index (χ2v) is 8.93. The molecule has 0 fully saturated rings. The quantitative estimate of drug-likeness (QED) is 0.489. The Bertz CT molecular complexity index is 1290. The summed E-state index contributed by atoms with van der Waals surface area (Å²) >= 11 is 0. The van der Waals surface area contributed by atoms with Crippen LogP contribution in [0.5, 0.6) is 0 Å². The molecule has 0 saturated heterocycles. The maximum Gasteiger partial charge on any atom is 0.273 e. The fourth-order valence-corrected chi connectivity index (χ4v) is 3.45. The number of amides is 3. The van der Waals surface area contributed by atoms with Gasteiger partial charge in [0, 0.05) is 5.39 Å². The van der Waals surface area contributed by atoms with Crippen LogP contribution in [-0.4, -0.2) is 40.1 Å². The van der Waals surface area contributed by atoms with Gasteiger partial charge in [0.1, 0.15) is 11.9 Å². The lowest BCUT2D eigenvalue weighted by atomic mass is 9.86. The molecule has 3 aromatic rings. The van der Waals surface area contributed by atoms with Gasteiger partial charge >= 0.3 is 0 Å². The van der Waals surface area contributed by atoms with Gasteiger partial charge in [-0.25, -0.2) is 4.39 Å². The van der Waals surface area contributed by atoms with Crippen molar-refractivity contribution in [3.63, 3.8) is 0 Å². The minimum absolute atomic E-state index is 0.0416. The SMILES string of the molecule is CC(C)(C)[C@H](NC(=O)c1nn(Cc2ccc(C#N)cc2)c2ccc(F)cc12)C(=O)NCC(N)=O. The van der Waals surface area contributed by atoms with Crippen LogP contribution in [0.25, 0.3) is 10.9 Å². The number of aromatic nitrogens is 2.